The number of nitrogens with one attached hydrogen (secondary N) is 1. The lowest BCUT2D eigenvalue weighted by Gasteiger charge is -2.03. The molecule has 0 unspecified atom stereocenters. The number of rotatable bonds is 4. The van der Waals surface area contributed by atoms with Gasteiger partial charge in [-0.25, -0.2) is 0 Å². The molecule has 0 spiro atoms. The summed E-state index contributed by atoms with van der Waals surface area (Å²) < 4.78 is 5.12. The minimum Gasteiger partial charge on any atom is -0.339 e. The number of hydrogen-bond acceptors (Lipinski definition) is 6. The molecule has 3 aromatic rings. The Morgan fingerprint density at radius 1 is 1.36 bits per heavy atom. The first-order valence-electron chi connectivity index (χ1n) is 6.82. The monoisotopic (exact) mass is 314 g/mol. The summed E-state index contributed by atoms with van der Waals surface area (Å²) in [7, 11) is 0. The highest BCUT2D eigenvalue weighted by molar-refractivity contribution is 7.16. The first kappa shape index (κ1) is 14.4. The minimum atomic E-state index is -0.169. The number of carbonyl (C=O) groups is 1. The maximum Gasteiger partial charge on any atom is 0.255 e. The summed E-state index contributed by atoms with van der Waals surface area (Å²) in [5.41, 5.74) is 1.32. The van der Waals surface area contributed by atoms with Gasteiger partial charge in [-0.15, -0.1) is 11.3 Å². The SMILES string of the molecule is CCc1nc(-c2cc(NC(=O)c3ccncc3)c(C)s2)no1. The van der Waals surface area contributed by atoms with Crippen LogP contribution in [0.15, 0.2) is 35.1 Å². The number of pyridine rings is 1. The molecule has 0 atom stereocenters. The van der Waals surface area contributed by atoms with Gasteiger partial charge in [0.2, 0.25) is 11.7 Å². The Morgan fingerprint density at radius 3 is 2.82 bits per heavy atom. The summed E-state index contributed by atoms with van der Waals surface area (Å²) in [6.07, 6.45) is 3.88. The summed E-state index contributed by atoms with van der Waals surface area (Å²) in [5.74, 6) is 0.981. The number of aromatic nitrogens is 3. The van der Waals surface area contributed by atoms with Crippen molar-refractivity contribution in [1.29, 1.82) is 0 Å². The van der Waals surface area contributed by atoms with E-state index in [-0.39, 0.29) is 5.91 Å². The average Bonchev–Trinajstić information content (AvgIpc) is 3.15. The molecule has 3 heterocycles. The smallest absolute Gasteiger partial charge is 0.255 e. The zero-order valence-electron chi connectivity index (χ0n) is 12.2. The van der Waals surface area contributed by atoms with Gasteiger partial charge in [0.1, 0.15) is 0 Å². The van der Waals surface area contributed by atoms with Crippen molar-refractivity contribution in [2.24, 2.45) is 0 Å². The van der Waals surface area contributed by atoms with E-state index >= 15 is 0 Å². The lowest BCUT2D eigenvalue weighted by Crippen LogP contribution is -2.11. The van der Waals surface area contributed by atoms with E-state index in [1.54, 1.807) is 24.5 Å². The number of amides is 1. The molecule has 6 nitrogen and oxygen atoms in total. The second-order valence-corrected chi connectivity index (χ2v) is 5.89. The van der Waals surface area contributed by atoms with Gasteiger partial charge in [-0.2, -0.15) is 4.98 Å². The van der Waals surface area contributed by atoms with Crippen LogP contribution in [0.2, 0.25) is 0 Å². The molecule has 0 aliphatic rings. The molecule has 1 N–H and O–H groups in total. The van der Waals surface area contributed by atoms with E-state index in [1.165, 1.54) is 11.3 Å². The van der Waals surface area contributed by atoms with E-state index in [9.17, 15) is 4.79 Å². The van der Waals surface area contributed by atoms with E-state index in [2.05, 4.69) is 20.4 Å². The predicted molar refractivity (Wildman–Crippen MR) is 83.9 cm³/mol. The summed E-state index contributed by atoms with van der Waals surface area (Å²) in [6.45, 7) is 3.90. The molecule has 1 amide bonds. The summed E-state index contributed by atoms with van der Waals surface area (Å²) in [5, 5.41) is 6.85. The first-order valence-corrected chi connectivity index (χ1v) is 7.63. The third-order valence-corrected chi connectivity index (χ3v) is 4.15. The van der Waals surface area contributed by atoms with Crippen LogP contribution in [0.4, 0.5) is 5.69 Å². The van der Waals surface area contributed by atoms with Crippen molar-refractivity contribution in [3.63, 3.8) is 0 Å². The number of nitrogens with zero attached hydrogens (tertiary/aromatic N) is 3. The Balaban J connectivity index is 1.82. The van der Waals surface area contributed by atoms with Crippen LogP contribution in [0.1, 0.15) is 28.0 Å². The Kier molecular flexibility index (Phi) is 3.97. The normalized spacial score (nSPS) is 10.6. The van der Waals surface area contributed by atoms with Crippen molar-refractivity contribution in [1.82, 2.24) is 15.1 Å². The molecule has 22 heavy (non-hydrogen) atoms. The molecule has 0 saturated carbocycles. The number of thiophene rings is 1. The number of anilines is 1. The lowest BCUT2D eigenvalue weighted by molar-refractivity contribution is 0.102. The molecule has 7 heteroatoms. The van der Waals surface area contributed by atoms with Crippen LogP contribution in [-0.2, 0) is 6.42 Å². The molecule has 0 fully saturated rings. The van der Waals surface area contributed by atoms with Gasteiger partial charge in [-0.3, -0.25) is 9.78 Å². The van der Waals surface area contributed by atoms with Gasteiger partial charge in [-0.05, 0) is 25.1 Å². The largest absolute Gasteiger partial charge is 0.339 e. The zero-order valence-corrected chi connectivity index (χ0v) is 13.0. The molecule has 0 aliphatic heterocycles. The minimum absolute atomic E-state index is 0.169. The second-order valence-electron chi connectivity index (χ2n) is 4.64. The van der Waals surface area contributed by atoms with Crippen molar-refractivity contribution in [2.45, 2.75) is 20.3 Å². The highest BCUT2D eigenvalue weighted by Gasteiger charge is 2.15. The van der Waals surface area contributed by atoms with Crippen LogP contribution in [0.5, 0.6) is 0 Å². The zero-order chi connectivity index (χ0) is 15.5. The summed E-state index contributed by atoms with van der Waals surface area (Å²) in [6, 6.07) is 5.21. The van der Waals surface area contributed by atoms with E-state index in [0.29, 0.717) is 23.7 Å². The van der Waals surface area contributed by atoms with Crippen molar-refractivity contribution in [2.75, 3.05) is 5.32 Å². The predicted octanol–water partition coefficient (Wildman–Crippen LogP) is 3.32. The Morgan fingerprint density at radius 2 is 2.14 bits per heavy atom. The fraction of sp³-hybridized carbons (Fsp3) is 0.200. The van der Waals surface area contributed by atoms with Crippen LogP contribution >= 0.6 is 11.3 Å². The van der Waals surface area contributed by atoms with E-state index in [4.69, 9.17) is 4.52 Å². The fourth-order valence-corrected chi connectivity index (χ4v) is 2.81. The Labute approximate surface area is 131 Å². The van der Waals surface area contributed by atoms with Crippen molar-refractivity contribution < 1.29 is 9.32 Å². The number of aryl methyl sites for hydroxylation is 2. The van der Waals surface area contributed by atoms with Crippen molar-refractivity contribution in [3.05, 3.63) is 46.9 Å². The summed E-state index contributed by atoms with van der Waals surface area (Å²) >= 11 is 1.52. The highest BCUT2D eigenvalue weighted by atomic mass is 32.1. The molecule has 3 rings (SSSR count). The highest BCUT2D eigenvalue weighted by Crippen LogP contribution is 2.33. The van der Waals surface area contributed by atoms with Crippen LogP contribution in [-0.4, -0.2) is 21.0 Å². The van der Waals surface area contributed by atoms with E-state index in [1.807, 2.05) is 19.9 Å². The number of carbonyl (C=O) groups excluding carboxylic acids is 1. The quantitative estimate of drug-likeness (QED) is 0.799. The fourth-order valence-electron chi connectivity index (χ4n) is 1.91. The maximum atomic E-state index is 12.2. The molecule has 0 saturated heterocycles. The van der Waals surface area contributed by atoms with Crippen molar-refractivity contribution in [3.8, 4) is 10.7 Å². The van der Waals surface area contributed by atoms with Gasteiger partial charge in [0, 0.05) is 29.3 Å². The molecular weight excluding hydrogens is 300 g/mol. The van der Waals surface area contributed by atoms with Gasteiger partial charge in [0.25, 0.3) is 5.91 Å². The molecule has 0 aromatic carbocycles. The van der Waals surface area contributed by atoms with Crippen LogP contribution < -0.4 is 5.32 Å². The van der Waals surface area contributed by atoms with Gasteiger partial charge >= 0.3 is 0 Å². The van der Waals surface area contributed by atoms with E-state index < -0.39 is 0 Å². The van der Waals surface area contributed by atoms with Crippen LogP contribution in [0, 0.1) is 6.92 Å². The third-order valence-electron chi connectivity index (χ3n) is 3.10. The van der Waals surface area contributed by atoms with Gasteiger partial charge in [0.05, 0.1) is 10.6 Å². The number of hydrogen-bond donors (Lipinski definition) is 1. The Bertz CT molecular complexity index is 795. The molecular formula is C15H14N4O2S. The molecule has 0 radical (unpaired) electrons. The topological polar surface area (TPSA) is 80.9 Å². The first-order chi connectivity index (χ1) is 10.7. The van der Waals surface area contributed by atoms with Crippen LogP contribution in [0.3, 0.4) is 0 Å². The lowest BCUT2D eigenvalue weighted by atomic mass is 10.2. The standard InChI is InChI=1S/C15H14N4O2S/c1-3-13-18-14(19-21-13)12-8-11(9(2)22-12)17-15(20)10-4-6-16-7-5-10/h4-8H,3H2,1-2H3,(H,17,20). The molecule has 0 bridgehead atoms. The van der Waals surface area contributed by atoms with Crippen molar-refractivity contribution >= 4 is 22.9 Å². The second kappa shape index (κ2) is 6.07. The average molecular weight is 314 g/mol. The summed E-state index contributed by atoms with van der Waals surface area (Å²) in [4.78, 5) is 22.2. The van der Waals surface area contributed by atoms with Gasteiger partial charge < -0.3 is 9.84 Å². The Hall–Kier alpha value is -2.54. The maximum absolute atomic E-state index is 12.2. The van der Waals surface area contributed by atoms with E-state index in [0.717, 1.165) is 15.4 Å². The molecule has 112 valence electrons. The molecule has 0 aliphatic carbocycles. The van der Waals surface area contributed by atoms with Gasteiger partial charge in [-0.1, -0.05) is 12.1 Å². The van der Waals surface area contributed by atoms with Gasteiger partial charge in [0.15, 0.2) is 0 Å². The third kappa shape index (κ3) is 2.89. The van der Waals surface area contributed by atoms with Crippen LogP contribution in [0.25, 0.3) is 10.7 Å². The molecule has 3 aromatic heterocycles.